The molecule has 2 aromatic heterocycles. The van der Waals surface area contributed by atoms with Crippen molar-refractivity contribution in [3.05, 3.63) is 47.3 Å². The van der Waals surface area contributed by atoms with Gasteiger partial charge >= 0.3 is 0 Å². The summed E-state index contributed by atoms with van der Waals surface area (Å²) >= 11 is 0. The highest BCUT2D eigenvalue weighted by Crippen LogP contribution is 2.58. The number of carbonyl (C=O) groups excluding carboxylic acids is 2. The van der Waals surface area contributed by atoms with Crippen molar-refractivity contribution in [2.24, 2.45) is 11.3 Å². The molecule has 0 aromatic carbocycles. The Morgan fingerprint density at radius 2 is 2.24 bits per heavy atom. The molecule has 1 aliphatic carbocycles. The van der Waals surface area contributed by atoms with Crippen LogP contribution in [0.5, 0.6) is 0 Å². The van der Waals surface area contributed by atoms with E-state index >= 15 is 0 Å². The summed E-state index contributed by atoms with van der Waals surface area (Å²) in [6.45, 7) is 5.41. The van der Waals surface area contributed by atoms with Crippen LogP contribution in [0.4, 0.5) is 0 Å². The zero-order chi connectivity index (χ0) is 17.6. The molecule has 1 N–H and O–H groups in total. The predicted octanol–water partition coefficient (Wildman–Crippen LogP) is 2.66. The van der Waals surface area contributed by atoms with Crippen LogP contribution in [0.15, 0.2) is 33.3 Å². The second-order valence-electron chi connectivity index (χ2n) is 7.22. The largest absolute Gasteiger partial charge is 0.467 e. The van der Waals surface area contributed by atoms with Crippen LogP contribution in [0, 0.1) is 25.2 Å². The van der Waals surface area contributed by atoms with Gasteiger partial charge in [0, 0.05) is 24.4 Å². The Morgan fingerprint density at radius 1 is 1.40 bits per heavy atom. The molecule has 6 nitrogen and oxygen atoms in total. The molecule has 1 spiro atoms. The maximum atomic E-state index is 12.7. The van der Waals surface area contributed by atoms with Gasteiger partial charge in [0.15, 0.2) is 0 Å². The van der Waals surface area contributed by atoms with Crippen LogP contribution in [0.3, 0.4) is 0 Å². The summed E-state index contributed by atoms with van der Waals surface area (Å²) < 4.78 is 10.7. The molecule has 1 aliphatic heterocycles. The van der Waals surface area contributed by atoms with Crippen molar-refractivity contribution < 1.29 is 18.4 Å². The molecule has 4 rings (SSSR count). The molecule has 2 amide bonds. The highest BCUT2D eigenvalue weighted by molar-refractivity contribution is 5.95. The highest BCUT2D eigenvalue weighted by Gasteiger charge is 2.61. The maximum absolute atomic E-state index is 12.7. The van der Waals surface area contributed by atoms with Crippen molar-refractivity contribution in [3.8, 4) is 0 Å². The van der Waals surface area contributed by atoms with E-state index in [1.807, 2.05) is 24.8 Å². The van der Waals surface area contributed by atoms with E-state index in [1.54, 1.807) is 18.4 Å². The van der Waals surface area contributed by atoms with Crippen molar-refractivity contribution in [2.75, 3.05) is 13.1 Å². The van der Waals surface area contributed by atoms with Crippen LogP contribution in [0.25, 0.3) is 0 Å². The first-order valence-electron chi connectivity index (χ1n) is 8.65. The first kappa shape index (κ1) is 16.0. The third kappa shape index (κ3) is 2.86. The summed E-state index contributed by atoms with van der Waals surface area (Å²) in [5.74, 6) is 2.21. The Kier molecular flexibility index (Phi) is 3.71. The molecule has 1 saturated heterocycles. The number of amides is 2. The lowest BCUT2D eigenvalue weighted by atomic mass is 10.0. The van der Waals surface area contributed by atoms with Gasteiger partial charge in [-0.2, -0.15) is 0 Å². The number of furan rings is 2. The fraction of sp³-hybridized carbons (Fsp3) is 0.474. The summed E-state index contributed by atoms with van der Waals surface area (Å²) in [5.41, 5.74) is 0.587. The molecule has 2 fully saturated rings. The van der Waals surface area contributed by atoms with Crippen LogP contribution in [0.2, 0.25) is 0 Å². The maximum Gasteiger partial charge on any atom is 0.257 e. The van der Waals surface area contributed by atoms with Gasteiger partial charge in [0.2, 0.25) is 5.91 Å². The summed E-state index contributed by atoms with van der Waals surface area (Å²) in [6, 6.07) is 5.44. The second kappa shape index (κ2) is 5.79. The van der Waals surface area contributed by atoms with Crippen LogP contribution in [-0.4, -0.2) is 29.8 Å². The Bertz CT molecular complexity index is 808. The molecular formula is C19H22N2O4. The standard InChI is InChI=1S/C19H22N2O4/c1-12-8-15(13(2)25-12)18(23)21-6-5-19(11-21)9-16(19)17(22)20-10-14-4-3-7-24-14/h3-4,7-8,16H,5-6,9-11H2,1-2H3,(H,20,22). The number of nitrogens with one attached hydrogen (secondary N) is 1. The third-order valence-electron chi connectivity index (χ3n) is 5.47. The van der Waals surface area contributed by atoms with Gasteiger partial charge in [-0.1, -0.05) is 0 Å². The summed E-state index contributed by atoms with van der Waals surface area (Å²) in [4.78, 5) is 27.0. The van der Waals surface area contributed by atoms with E-state index in [-0.39, 0.29) is 23.1 Å². The average molecular weight is 342 g/mol. The minimum Gasteiger partial charge on any atom is -0.467 e. The lowest BCUT2D eigenvalue weighted by Gasteiger charge is -2.16. The first-order chi connectivity index (χ1) is 12.0. The van der Waals surface area contributed by atoms with Crippen LogP contribution >= 0.6 is 0 Å². The lowest BCUT2D eigenvalue weighted by molar-refractivity contribution is -0.123. The molecule has 2 atom stereocenters. The summed E-state index contributed by atoms with van der Waals surface area (Å²) in [6.07, 6.45) is 3.33. The molecule has 6 heteroatoms. The van der Waals surface area contributed by atoms with Crippen molar-refractivity contribution in [1.82, 2.24) is 10.2 Å². The van der Waals surface area contributed by atoms with Gasteiger partial charge in [-0.05, 0) is 44.9 Å². The molecule has 1 saturated carbocycles. The Balaban J connectivity index is 1.35. The van der Waals surface area contributed by atoms with Crippen molar-refractivity contribution in [1.29, 1.82) is 0 Å². The van der Waals surface area contributed by atoms with E-state index in [4.69, 9.17) is 8.83 Å². The Labute approximate surface area is 146 Å². The Hall–Kier alpha value is -2.50. The quantitative estimate of drug-likeness (QED) is 0.927. The van der Waals surface area contributed by atoms with Gasteiger partial charge in [-0.15, -0.1) is 0 Å². The summed E-state index contributed by atoms with van der Waals surface area (Å²) in [7, 11) is 0. The lowest BCUT2D eigenvalue weighted by Crippen LogP contribution is -2.31. The molecule has 2 aromatic rings. The van der Waals surface area contributed by atoms with Gasteiger partial charge in [-0.3, -0.25) is 9.59 Å². The summed E-state index contributed by atoms with van der Waals surface area (Å²) in [5, 5.41) is 2.94. The normalized spacial score (nSPS) is 24.7. The van der Waals surface area contributed by atoms with Gasteiger partial charge < -0.3 is 19.1 Å². The smallest absolute Gasteiger partial charge is 0.257 e. The number of aryl methyl sites for hydroxylation is 2. The van der Waals surface area contributed by atoms with Crippen molar-refractivity contribution >= 4 is 11.8 Å². The number of nitrogens with zero attached hydrogens (tertiary/aromatic N) is 1. The van der Waals surface area contributed by atoms with Crippen LogP contribution in [0.1, 0.15) is 40.5 Å². The van der Waals surface area contributed by atoms with Gasteiger partial charge in [-0.25, -0.2) is 0 Å². The number of hydrogen-bond donors (Lipinski definition) is 1. The molecule has 132 valence electrons. The SMILES string of the molecule is Cc1cc(C(=O)N2CCC3(CC3C(=O)NCc3ccco3)C2)c(C)o1. The van der Waals surface area contributed by atoms with Crippen molar-refractivity contribution in [2.45, 2.75) is 33.2 Å². The zero-order valence-electron chi connectivity index (χ0n) is 14.5. The van der Waals surface area contributed by atoms with Gasteiger partial charge in [0.05, 0.1) is 18.4 Å². The molecule has 25 heavy (non-hydrogen) atoms. The number of rotatable bonds is 4. The van der Waals surface area contributed by atoms with E-state index in [1.165, 1.54) is 0 Å². The van der Waals surface area contributed by atoms with Crippen molar-refractivity contribution in [3.63, 3.8) is 0 Å². The number of hydrogen-bond acceptors (Lipinski definition) is 4. The van der Waals surface area contributed by atoms with Gasteiger partial charge in [0.1, 0.15) is 17.3 Å². The van der Waals surface area contributed by atoms with E-state index in [0.717, 1.165) is 24.4 Å². The molecule has 2 aliphatic rings. The van der Waals surface area contributed by atoms with E-state index in [2.05, 4.69) is 5.32 Å². The zero-order valence-corrected chi connectivity index (χ0v) is 14.5. The molecule has 0 bridgehead atoms. The molecule has 2 unspecified atom stereocenters. The van der Waals surface area contributed by atoms with Crippen LogP contribution < -0.4 is 5.32 Å². The fourth-order valence-electron chi connectivity index (χ4n) is 3.96. The highest BCUT2D eigenvalue weighted by atomic mass is 16.3. The predicted molar refractivity (Wildman–Crippen MR) is 89.8 cm³/mol. The Morgan fingerprint density at radius 3 is 2.92 bits per heavy atom. The molecule has 0 radical (unpaired) electrons. The van der Waals surface area contributed by atoms with Crippen LogP contribution in [-0.2, 0) is 11.3 Å². The first-order valence-corrected chi connectivity index (χ1v) is 8.65. The second-order valence-corrected chi connectivity index (χ2v) is 7.22. The molecular weight excluding hydrogens is 320 g/mol. The van der Waals surface area contributed by atoms with E-state index in [0.29, 0.717) is 31.0 Å². The average Bonchev–Trinajstić information content (AvgIpc) is 2.97. The number of carbonyl (C=O) groups is 2. The molecule has 3 heterocycles. The minimum absolute atomic E-state index is 0.00700. The topological polar surface area (TPSA) is 75.7 Å². The number of likely N-dealkylation sites (tertiary alicyclic amines) is 1. The van der Waals surface area contributed by atoms with Gasteiger partial charge in [0.25, 0.3) is 5.91 Å². The monoisotopic (exact) mass is 342 g/mol. The minimum atomic E-state index is -0.0460. The van der Waals surface area contributed by atoms with E-state index in [9.17, 15) is 9.59 Å². The van der Waals surface area contributed by atoms with E-state index < -0.39 is 0 Å². The fourth-order valence-corrected chi connectivity index (χ4v) is 3.96. The third-order valence-corrected chi connectivity index (χ3v) is 5.47.